The second kappa shape index (κ2) is 8.98. The van der Waals surface area contributed by atoms with Crippen LogP contribution in [0.3, 0.4) is 0 Å². The number of hydrogen-bond acceptors (Lipinski definition) is 5. The smallest absolute Gasteiger partial charge is 0.267 e. The van der Waals surface area contributed by atoms with Crippen LogP contribution >= 0.6 is 11.8 Å². The van der Waals surface area contributed by atoms with Crippen LogP contribution < -0.4 is 5.14 Å². The Labute approximate surface area is 187 Å². The molecule has 2 aliphatic rings. The van der Waals surface area contributed by atoms with Crippen molar-refractivity contribution in [2.45, 2.75) is 50.0 Å². The summed E-state index contributed by atoms with van der Waals surface area (Å²) in [5.74, 6) is -0.0138. The number of amidine groups is 1. The van der Waals surface area contributed by atoms with Crippen LogP contribution in [0.2, 0.25) is 0 Å². The summed E-state index contributed by atoms with van der Waals surface area (Å²) in [4.78, 5) is 20.6. The number of amides is 1. The van der Waals surface area contributed by atoms with E-state index in [1.165, 1.54) is 30.3 Å². The number of aryl methyl sites for hydroxylation is 1. The van der Waals surface area contributed by atoms with Gasteiger partial charge in [0.15, 0.2) is 5.17 Å². The predicted octanol–water partition coefficient (Wildman–Crippen LogP) is 4.58. The summed E-state index contributed by atoms with van der Waals surface area (Å²) in [5.41, 5.74) is 2.71. The molecule has 1 amide bonds. The van der Waals surface area contributed by atoms with Gasteiger partial charge in [-0.1, -0.05) is 43.5 Å². The van der Waals surface area contributed by atoms with Gasteiger partial charge in [0, 0.05) is 6.04 Å². The minimum Gasteiger partial charge on any atom is -0.283 e. The molecule has 162 valence electrons. The van der Waals surface area contributed by atoms with Gasteiger partial charge in [0.2, 0.25) is 10.0 Å². The lowest BCUT2D eigenvalue weighted by Crippen LogP contribution is -2.40. The first-order valence-electron chi connectivity index (χ1n) is 10.3. The Kier molecular flexibility index (Phi) is 6.31. The highest BCUT2D eigenvalue weighted by atomic mass is 32.2. The lowest BCUT2D eigenvalue weighted by Gasteiger charge is -2.30. The summed E-state index contributed by atoms with van der Waals surface area (Å²) >= 11 is 1.37. The van der Waals surface area contributed by atoms with E-state index in [9.17, 15) is 13.2 Å². The monoisotopic (exact) mass is 455 g/mol. The molecule has 31 heavy (non-hydrogen) atoms. The number of sulfonamides is 1. The third-order valence-corrected chi connectivity index (χ3v) is 7.55. The molecule has 2 aromatic rings. The summed E-state index contributed by atoms with van der Waals surface area (Å²) in [6.07, 6.45) is 7.27. The van der Waals surface area contributed by atoms with Gasteiger partial charge in [-0.25, -0.2) is 18.5 Å². The molecule has 1 saturated carbocycles. The summed E-state index contributed by atoms with van der Waals surface area (Å²) in [6, 6.07) is 14.2. The van der Waals surface area contributed by atoms with Gasteiger partial charge < -0.3 is 0 Å². The molecule has 1 aliphatic heterocycles. The fourth-order valence-electron chi connectivity index (χ4n) is 3.94. The van der Waals surface area contributed by atoms with Crippen LogP contribution in [-0.2, 0) is 14.8 Å². The predicted molar refractivity (Wildman–Crippen MR) is 125 cm³/mol. The molecule has 2 fully saturated rings. The number of rotatable bonds is 4. The maximum absolute atomic E-state index is 13.4. The van der Waals surface area contributed by atoms with E-state index in [1.54, 1.807) is 12.1 Å². The van der Waals surface area contributed by atoms with Crippen LogP contribution in [-0.4, -0.2) is 30.4 Å². The normalized spacial score (nSPS) is 20.7. The van der Waals surface area contributed by atoms with E-state index in [2.05, 4.69) is 0 Å². The third-order valence-electron chi connectivity index (χ3n) is 5.64. The second-order valence-electron chi connectivity index (χ2n) is 7.87. The van der Waals surface area contributed by atoms with Gasteiger partial charge >= 0.3 is 0 Å². The van der Waals surface area contributed by atoms with Crippen molar-refractivity contribution in [2.24, 2.45) is 10.1 Å². The second-order valence-corrected chi connectivity index (χ2v) is 10.4. The number of carbonyl (C=O) groups excluding carboxylic acids is 1. The van der Waals surface area contributed by atoms with Gasteiger partial charge in [-0.15, -0.1) is 0 Å². The van der Waals surface area contributed by atoms with Crippen LogP contribution in [0.25, 0.3) is 6.08 Å². The van der Waals surface area contributed by atoms with Crippen LogP contribution in [0, 0.1) is 6.92 Å². The Bertz CT molecular complexity index is 1150. The third kappa shape index (κ3) is 4.92. The van der Waals surface area contributed by atoms with E-state index in [4.69, 9.17) is 10.1 Å². The van der Waals surface area contributed by atoms with Crippen molar-refractivity contribution in [1.82, 2.24) is 4.90 Å². The Morgan fingerprint density at radius 2 is 1.74 bits per heavy atom. The average Bonchev–Trinajstić information content (AvgIpc) is 3.05. The quantitative estimate of drug-likeness (QED) is 0.683. The molecule has 0 bridgehead atoms. The van der Waals surface area contributed by atoms with Crippen molar-refractivity contribution < 1.29 is 13.2 Å². The van der Waals surface area contributed by atoms with E-state index < -0.39 is 10.0 Å². The molecule has 1 heterocycles. The highest BCUT2D eigenvalue weighted by Gasteiger charge is 2.38. The van der Waals surface area contributed by atoms with Crippen molar-refractivity contribution in [1.29, 1.82) is 0 Å². The lowest BCUT2D eigenvalue weighted by molar-refractivity contribution is -0.124. The molecule has 0 unspecified atom stereocenters. The van der Waals surface area contributed by atoms with Gasteiger partial charge in [-0.3, -0.25) is 9.69 Å². The highest BCUT2D eigenvalue weighted by molar-refractivity contribution is 8.18. The van der Waals surface area contributed by atoms with Gasteiger partial charge in [0.05, 0.1) is 15.5 Å². The molecule has 0 radical (unpaired) electrons. The van der Waals surface area contributed by atoms with E-state index in [1.807, 2.05) is 42.2 Å². The van der Waals surface area contributed by atoms with Crippen LogP contribution in [0.15, 0.2) is 63.3 Å². The highest BCUT2D eigenvalue weighted by Crippen LogP contribution is 2.38. The number of primary sulfonamides is 1. The largest absolute Gasteiger partial charge is 0.283 e. The number of nitrogens with zero attached hydrogens (tertiary/aromatic N) is 2. The molecule has 1 saturated heterocycles. The number of benzene rings is 2. The van der Waals surface area contributed by atoms with Gasteiger partial charge in [-0.05, 0) is 73.0 Å². The fourth-order valence-corrected chi connectivity index (χ4v) is 5.50. The molecule has 2 aromatic carbocycles. The van der Waals surface area contributed by atoms with Gasteiger partial charge in [-0.2, -0.15) is 0 Å². The molecular weight excluding hydrogens is 430 g/mol. The standard InChI is InChI=1S/C23H25N3O3S2/c1-16-7-5-6-8-17(16)15-21-22(27)26(19-9-3-2-4-10-19)23(30-21)25-18-11-13-20(14-12-18)31(24,28)29/h5-8,11-15,19H,2-4,9-10H2,1H3,(H2,24,28,29)/b21-15?,25-23-. The maximum atomic E-state index is 13.4. The zero-order valence-corrected chi connectivity index (χ0v) is 19.0. The first kappa shape index (κ1) is 21.8. The number of nitrogens with two attached hydrogens (primary N) is 1. The van der Waals surface area contributed by atoms with E-state index >= 15 is 0 Å². The number of hydrogen-bond donors (Lipinski definition) is 1. The maximum Gasteiger partial charge on any atom is 0.267 e. The minimum atomic E-state index is -3.76. The molecule has 6 nitrogen and oxygen atoms in total. The van der Waals surface area contributed by atoms with E-state index in [0.29, 0.717) is 15.8 Å². The van der Waals surface area contributed by atoms with Crippen molar-refractivity contribution >= 4 is 44.6 Å². The summed E-state index contributed by atoms with van der Waals surface area (Å²) < 4.78 is 23.0. The van der Waals surface area contributed by atoms with Crippen molar-refractivity contribution in [3.63, 3.8) is 0 Å². The lowest BCUT2D eigenvalue weighted by atomic mass is 9.94. The van der Waals surface area contributed by atoms with Crippen LogP contribution in [0.4, 0.5) is 5.69 Å². The minimum absolute atomic E-state index is 0.0138. The van der Waals surface area contributed by atoms with Crippen molar-refractivity contribution in [2.75, 3.05) is 0 Å². The molecule has 0 atom stereocenters. The molecule has 2 N–H and O–H groups in total. The van der Waals surface area contributed by atoms with Crippen molar-refractivity contribution in [3.05, 3.63) is 64.6 Å². The number of thioether (sulfide) groups is 1. The molecule has 0 aromatic heterocycles. The number of aliphatic imine (C=N–C) groups is 1. The molecule has 4 rings (SSSR count). The summed E-state index contributed by atoms with van der Waals surface area (Å²) in [7, 11) is -3.76. The topological polar surface area (TPSA) is 92.8 Å². The first-order chi connectivity index (χ1) is 14.8. The zero-order valence-electron chi connectivity index (χ0n) is 17.3. The van der Waals surface area contributed by atoms with E-state index in [-0.39, 0.29) is 16.8 Å². The SMILES string of the molecule is Cc1ccccc1C=C1S/C(=N\c2ccc(S(N)(=O)=O)cc2)N(C2CCCCC2)C1=O. The number of carbonyl (C=O) groups is 1. The average molecular weight is 456 g/mol. The zero-order chi connectivity index (χ0) is 22.0. The molecular formula is C23H25N3O3S2. The Morgan fingerprint density at radius 1 is 1.06 bits per heavy atom. The van der Waals surface area contributed by atoms with E-state index in [0.717, 1.165) is 36.8 Å². The first-order valence-corrected chi connectivity index (χ1v) is 12.7. The van der Waals surface area contributed by atoms with Crippen LogP contribution in [0.5, 0.6) is 0 Å². The van der Waals surface area contributed by atoms with Crippen LogP contribution in [0.1, 0.15) is 43.2 Å². The Morgan fingerprint density at radius 3 is 2.39 bits per heavy atom. The van der Waals surface area contributed by atoms with Crippen molar-refractivity contribution in [3.8, 4) is 0 Å². The Hall–Kier alpha value is -2.42. The van der Waals surface area contributed by atoms with Gasteiger partial charge in [0.1, 0.15) is 0 Å². The van der Waals surface area contributed by atoms with Gasteiger partial charge in [0.25, 0.3) is 5.91 Å². The summed E-state index contributed by atoms with van der Waals surface area (Å²) in [5, 5.41) is 5.82. The summed E-state index contributed by atoms with van der Waals surface area (Å²) in [6.45, 7) is 2.03. The fraction of sp³-hybridized carbons (Fsp3) is 0.304. The molecule has 8 heteroatoms. The Balaban J connectivity index is 1.70. The molecule has 0 spiro atoms. The molecule has 1 aliphatic carbocycles.